The first-order valence-electron chi connectivity index (χ1n) is 10.5. The third kappa shape index (κ3) is 7.16. The Hall–Kier alpha value is -2.21. The normalized spacial score (nSPS) is 14.4. The first-order chi connectivity index (χ1) is 15.5. The van der Waals surface area contributed by atoms with Gasteiger partial charge in [0, 0.05) is 45.5 Å². The highest BCUT2D eigenvalue weighted by atomic mass is 32.2. The van der Waals surface area contributed by atoms with Crippen LogP contribution in [0.4, 0.5) is 10.8 Å². The minimum atomic E-state index is -0.0242. The Balaban J connectivity index is 1.37. The summed E-state index contributed by atoms with van der Waals surface area (Å²) in [7, 11) is 1.65. The number of para-hydroxylation sites is 1. The van der Waals surface area contributed by atoms with E-state index in [-0.39, 0.29) is 11.8 Å². The molecule has 0 unspecified atom stereocenters. The van der Waals surface area contributed by atoms with E-state index < -0.39 is 0 Å². The SMILES string of the molecule is COCCNc1nnc(SCC(=O)N2CCN(CC(=O)Nc3c(C)cccc3C)CC2)s1. The average Bonchev–Trinajstić information content (AvgIpc) is 3.23. The molecule has 11 heteroatoms. The number of amides is 2. The van der Waals surface area contributed by atoms with Gasteiger partial charge in [0.15, 0.2) is 4.34 Å². The number of benzene rings is 1. The van der Waals surface area contributed by atoms with E-state index in [1.807, 2.05) is 36.9 Å². The number of aromatic nitrogens is 2. The lowest BCUT2D eigenvalue weighted by Crippen LogP contribution is -2.50. The van der Waals surface area contributed by atoms with E-state index in [9.17, 15) is 9.59 Å². The molecule has 1 aromatic carbocycles. The van der Waals surface area contributed by atoms with Gasteiger partial charge < -0.3 is 20.3 Å². The van der Waals surface area contributed by atoms with Crippen molar-refractivity contribution in [3.8, 4) is 0 Å². The minimum Gasteiger partial charge on any atom is -0.383 e. The molecule has 174 valence electrons. The number of aryl methyl sites for hydroxylation is 2. The van der Waals surface area contributed by atoms with Crippen LogP contribution >= 0.6 is 23.1 Å². The lowest BCUT2D eigenvalue weighted by Gasteiger charge is -2.34. The maximum Gasteiger partial charge on any atom is 0.238 e. The van der Waals surface area contributed by atoms with Gasteiger partial charge in [0.25, 0.3) is 0 Å². The number of nitrogens with one attached hydrogen (secondary N) is 2. The van der Waals surface area contributed by atoms with Crippen molar-refractivity contribution < 1.29 is 14.3 Å². The Labute approximate surface area is 196 Å². The second-order valence-electron chi connectivity index (χ2n) is 7.55. The van der Waals surface area contributed by atoms with Crippen LogP contribution in [0.15, 0.2) is 22.5 Å². The van der Waals surface area contributed by atoms with Gasteiger partial charge in [-0.3, -0.25) is 14.5 Å². The van der Waals surface area contributed by atoms with Gasteiger partial charge >= 0.3 is 0 Å². The number of hydrogen-bond donors (Lipinski definition) is 2. The van der Waals surface area contributed by atoms with Crippen molar-refractivity contribution in [3.05, 3.63) is 29.3 Å². The Bertz CT molecular complexity index is 894. The molecule has 2 amide bonds. The Morgan fingerprint density at radius 1 is 1.16 bits per heavy atom. The van der Waals surface area contributed by atoms with Gasteiger partial charge in [0.05, 0.1) is 18.9 Å². The zero-order valence-corrected chi connectivity index (χ0v) is 20.4. The molecular formula is C21H30N6O3S2. The number of thioether (sulfide) groups is 1. The zero-order chi connectivity index (χ0) is 22.9. The van der Waals surface area contributed by atoms with Crippen LogP contribution < -0.4 is 10.6 Å². The van der Waals surface area contributed by atoms with Gasteiger partial charge in [0.2, 0.25) is 16.9 Å². The maximum absolute atomic E-state index is 12.6. The van der Waals surface area contributed by atoms with Crippen molar-refractivity contribution in [1.82, 2.24) is 20.0 Å². The van der Waals surface area contributed by atoms with E-state index in [1.54, 1.807) is 7.11 Å². The van der Waals surface area contributed by atoms with Crippen LogP contribution in [0.5, 0.6) is 0 Å². The summed E-state index contributed by atoms with van der Waals surface area (Å²) in [6.45, 7) is 8.18. The number of methoxy groups -OCH3 is 1. The molecule has 2 N–H and O–H groups in total. The molecule has 0 aliphatic carbocycles. The lowest BCUT2D eigenvalue weighted by molar-refractivity contribution is -0.130. The molecular weight excluding hydrogens is 448 g/mol. The van der Waals surface area contributed by atoms with Gasteiger partial charge in [-0.15, -0.1) is 10.2 Å². The molecule has 0 spiro atoms. The van der Waals surface area contributed by atoms with E-state index >= 15 is 0 Å². The monoisotopic (exact) mass is 478 g/mol. The Morgan fingerprint density at radius 3 is 2.56 bits per heavy atom. The predicted molar refractivity (Wildman–Crippen MR) is 129 cm³/mol. The van der Waals surface area contributed by atoms with Crippen molar-refractivity contribution in [2.45, 2.75) is 18.2 Å². The van der Waals surface area contributed by atoms with E-state index in [2.05, 4.69) is 25.7 Å². The standard InChI is InChI=1S/C21H30N6O3S2/c1-15-5-4-6-16(2)19(15)23-17(28)13-26-8-10-27(11-9-26)18(29)14-31-21-25-24-20(32-21)22-7-12-30-3/h4-6H,7-14H2,1-3H3,(H,22,24)(H,23,28). The maximum atomic E-state index is 12.6. The average molecular weight is 479 g/mol. The highest BCUT2D eigenvalue weighted by Gasteiger charge is 2.23. The van der Waals surface area contributed by atoms with Crippen LogP contribution in [-0.4, -0.2) is 90.5 Å². The van der Waals surface area contributed by atoms with E-state index in [4.69, 9.17) is 4.74 Å². The predicted octanol–water partition coefficient (Wildman–Crippen LogP) is 2.09. The second kappa shape index (κ2) is 12.1. The van der Waals surface area contributed by atoms with Crippen LogP contribution in [0, 0.1) is 13.8 Å². The summed E-state index contributed by atoms with van der Waals surface area (Å²) in [5, 5.41) is 15.1. The van der Waals surface area contributed by atoms with E-state index in [0.717, 1.165) is 26.3 Å². The summed E-state index contributed by atoms with van der Waals surface area (Å²) in [4.78, 5) is 29.0. The second-order valence-corrected chi connectivity index (χ2v) is 9.75. The topological polar surface area (TPSA) is 99.7 Å². The van der Waals surface area contributed by atoms with Gasteiger partial charge in [0.1, 0.15) is 0 Å². The van der Waals surface area contributed by atoms with Crippen LogP contribution in [0.3, 0.4) is 0 Å². The number of carbonyl (C=O) groups excluding carboxylic acids is 2. The van der Waals surface area contributed by atoms with Crippen molar-refractivity contribution in [2.75, 3.05) is 69.4 Å². The molecule has 0 saturated carbocycles. The molecule has 1 aliphatic rings. The fourth-order valence-electron chi connectivity index (χ4n) is 3.36. The van der Waals surface area contributed by atoms with Crippen LogP contribution in [0.1, 0.15) is 11.1 Å². The molecule has 1 saturated heterocycles. The minimum absolute atomic E-state index is 0.0242. The van der Waals surface area contributed by atoms with E-state index in [0.29, 0.717) is 51.6 Å². The van der Waals surface area contributed by atoms with Crippen LogP contribution in [-0.2, 0) is 14.3 Å². The number of nitrogens with zero attached hydrogens (tertiary/aromatic N) is 4. The summed E-state index contributed by atoms with van der Waals surface area (Å²) >= 11 is 2.83. The number of rotatable bonds is 10. The van der Waals surface area contributed by atoms with Gasteiger partial charge in [-0.05, 0) is 25.0 Å². The molecule has 9 nitrogen and oxygen atoms in total. The smallest absolute Gasteiger partial charge is 0.238 e. The number of carbonyl (C=O) groups is 2. The van der Waals surface area contributed by atoms with Gasteiger partial charge in [-0.2, -0.15) is 0 Å². The molecule has 0 bridgehead atoms. The molecule has 32 heavy (non-hydrogen) atoms. The Morgan fingerprint density at radius 2 is 1.88 bits per heavy atom. The van der Waals surface area contributed by atoms with Crippen LogP contribution in [0.25, 0.3) is 0 Å². The third-order valence-electron chi connectivity index (χ3n) is 5.15. The largest absolute Gasteiger partial charge is 0.383 e. The summed E-state index contributed by atoms with van der Waals surface area (Å²) in [6, 6.07) is 5.97. The lowest BCUT2D eigenvalue weighted by atomic mass is 10.1. The molecule has 2 aromatic rings. The zero-order valence-electron chi connectivity index (χ0n) is 18.7. The quantitative estimate of drug-likeness (QED) is 0.396. The van der Waals surface area contributed by atoms with Crippen molar-refractivity contribution >= 4 is 45.7 Å². The van der Waals surface area contributed by atoms with E-state index in [1.165, 1.54) is 23.1 Å². The van der Waals surface area contributed by atoms with Gasteiger partial charge in [-0.1, -0.05) is 41.3 Å². The van der Waals surface area contributed by atoms with Crippen molar-refractivity contribution in [1.29, 1.82) is 0 Å². The summed E-state index contributed by atoms with van der Waals surface area (Å²) in [5.74, 6) is 0.391. The fraction of sp³-hybridized carbons (Fsp3) is 0.524. The first kappa shape index (κ1) is 24.4. The molecule has 0 radical (unpaired) electrons. The highest BCUT2D eigenvalue weighted by Crippen LogP contribution is 2.25. The molecule has 3 rings (SSSR count). The molecule has 1 fully saturated rings. The number of hydrogen-bond acceptors (Lipinski definition) is 9. The Kier molecular flexibility index (Phi) is 9.27. The number of anilines is 2. The van der Waals surface area contributed by atoms with Crippen molar-refractivity contribution in [3.63, 3.8) is 0 Å². The first-order valence-corrected chi connectivity index (χ1v) is 12.3. The molecule has 2 heterocycles. The molecule has 1 aliphatic heterocycles. The van der Waals surface area contributed by atoms with Crippen LogP contribution in [0.2, 0.25) is 0 Å². The third-order valence-corrected chi connectivity index (χ3v) is 7.14. The fourth-order valence-corrected chi connectivity index (χ4v) is 5.04. The van der Waals surface area contributed by atoms with Gasteiger partial charge in [-0.25, -0.2) is 0 Å². The molecule has 1 aromatic heterocycles. The summed E-state index contributed by atoms with van der Waals surface area (Å²) in [6.07, 6.45) is 0. The number of piperazine rings is 1. The summed E-state index contributed by atoms with van der Waals surface area (Å²) in [5.41, 5.74) is 3.00. The molecule has 0 atom stereocenters. The summed E-state index contributed by atoms with van der Waals surface area (Å²) < 4.78 is 5.76. The highest BCUT2D eigenvalue weighted by molar-refractivity contribution is 8.01. The number of ether oxygens (including phenoxy) is 1. The van der Waals surface area contributed by atoms with Crippen molar-refractivity contribution in [2.24, 2.45) is 0 Å².